The van der Waals surface area contributed by atoms with E-state index in [1.54, 1.807) is 19.1 Å². The van der Waals surface area contributed by atoms with Crippen molar-refractivity contribution in [3.63, 3.8) is 0 Å². The molecule has 0 aliphatic rings. The van der Waals surface area contributed by atoms with Gasteiger partial charge in [-0.1, -0.05) is 6.92 Å². The Bertz CT molecular complexity index is 511. The van der Waals surface area contributed by atoms with Crippen LogP contribution in [0.15, 0.2) is 24.3 Å². The summed E-state index contributed by atoms with van der Waals surface area (Å²) >= 11 is 0. The molecule has 6 heteroatoms. The first-order valence-electron chi connectivity index (χ1n) is 6.87. The first kappa shape index (κ1) is 16.7. The van der Waals surface area contributed by atoms with Crippen molar-refractivity contribution in [2.45, 2.75) is 33.2 Å². The third-order valence-electron chi connectivity index (χ3n) is 2.85. The first-order chi connectivity index (χ1) is 9.97. The van der Waals surface area contributed by atoms with Crippen molar-refractivity contribution in [3.8, 4) is 0 Å². The predicted octanol–water partition coefficient (Wildman–Crippen LogP) is 1.72. The zero-order valence-electron chi connectivity index (χ0n) is 12.4. The Hall–Kier alpha value is -2.37. The van der Waals surface area contributed by atoms with E-state index >= 15 is 0 Å². The SMILES string of the molecule is CCOC(=O)c1ccc(NC(=O)C(=O)N[C@@H](C)CC)cc1. The van der Waals surface area contributed by atoms with E-state index in [-0.39, 0.29) is 6.04 Å². The smallest absolute Gasteiger partial charge is 0.338 e. The molecule has 1 aromatic rings. The third-order valence-corrected chi connectivity index (χ3v) is 2.85. The summed E-state index contributed by atoms with van der Waals surface area (Å²) in [5, 5.41) is 5.04. The zero-order chi connectivity index (χ0) is 15.8. The molecule has 21 heavy (non-hydrogen) atoms. The monoisotopic (exact) mass is 292 g/mol. The van der Waals surface area contributed by atoms with E-state index < -0.39 is 17.8 Å². The summed E-state index contributed by atoms with van der Waals surface area (Å²) in [6.45, 7) is 5.76. The maximum Gasteiger partial charge on any atom is 0.338 e. The summed E-state index contributed by atoms with van der Waals surface area (Å²) in [4.78, 5) is 34.7. The number of benzene rings is 1. The topological polar surface area (TPSA) is 84.5 Å². The van der Waals surface area contributed by atoms with E-state index in [4.69, 9.17) is 4.74 Å². The zero-order valence-corrected chi connectivity index (χ0v) is 12.4. The van der Waals surface area contributed by atoms with Gasteiger partial charge in [0.05, 0.1) is 12.2 Å². The van der Waals surface area contributed by atoms with Gasteiger partial charge in [-0.15, -0.1) is 0 Å². The Morgan fingerprint density at radius 2 is 1.71 bits per heavy atom. The van der Waals surface area contributed by atoms with E-state index in [9.17, 15) is 14.4 Å². The second-order valence-electron chi connectivity index (χ2n) is 4.53. The lowest BCUT2D eigenvalue weighted by Crippen LogP contribution is -2.40. The molecule has 6 nitrogen and oxygen atoms in total. The van der Waals surface area contributed by atoms with Crippen LogP contribution >= 0.6 is 0 Å². The molecule has 0 spiro atoms. The van der Waals surface area contributed by atoms with E-state index in [1.165, 1.54) is 12.1 Å². The third kappa shape index (κ3) is 5.25. The fourth-order valence-corrected chi connectivity index (χ4v) is 1.48. The van der Waals surface area contributed by atoms with E-state index in [2.05, 4.69) is 10.6 Å². The number of hydrogen-bond donors (Lipinski definition) is 2. The Morgan fingerprint density at radius 3 is 2.24 bits per heavy atom. The Labute approximate surface area is 123 Å². The van der Waals surface area contributed by atoms with E-state index in [0.717, 1.165) is 6.42 Å². The van der Waals surface area contributed by atoms with Crippen molar-refractivity contribution >= 4 is 23.5 Å². The number of hydrogen-bond acceptors (Lipinski definition) is 4. The second-order valence-corrected chi connectivity index (χ2v) is 4.53. The van der Waals surface area contributed by atoms with Crippen LogP contribution in [-0.2, 0) is 14.3 Å². The molecule has 2 amide bonds. The summed E-state index contributed by atoms with van der Waals surface area (Å²) in [5.74, 6) is -1.84. The largest absolute Gasteiger partial charge is 0.462 e. The standard InChI is InChI=1S/C15H20N2O4/c1-4-10(3)16-13(18)14(19)17-12-8-6-11(7-9-12)15(20)21-5-2/h6-10H,4-5H2,1-3H3,(H,16,18)(H,17,19)/t10-/m0/s1. The number of carbonyl (C=O) groups is 3. The number of anilines is 1. The highest BCUT2D eigenvalue weighted by molar-refractivity contribution is 6.39. The lowest BCUT2D eigenvalue weighted by molar-refractivity contribution is -0.136. The lowest BCUT2D eigenvalue weighted by Gasteiger charge is -2.11. The quantitative estimate of drug-likeness (QED) is 0.639. The Morgan fingerprint density at radius 1 is 1.10 bits per heavy atom. The van der Waals surface area contributed by atoms with E-state index in [0.29, 0.717) is 17.9 Å². The first-order valence-corrected chi connectivity index (χ1v) is 6.87. The molecule has 1 aromatic carbocycles. The van der Waals surface area contributed by atoms with Crippen LogP contribution in [0, 0.1) is 0 Å². The Balaban J connectivity index is 2.61. The van der Waals surface area contributed by atoms with Crippen LogP contribution in [0.2, 0.25) is 0 Å². The minimum absolute atomic E-state index is 0.0607. The molecule has 1 atom stereocenters. The molecule has 0 radical (unpaired) electrons. The van der Waals surface area contributed by atoms with Gasteiger partial charge in [0.1, 0.15) is 0 Å². The number of rotatable bonds is 5. The van der Waals surface area contributed by atoms with Crippen LogP contribution in [0.1, 0.15) is 37.6 Å². The van der Waals surface area contributed by atoms with Crippen LogP contribution in [-0.4, -0.2) is 30.4 Å². The molecule has 114 valence electrons. The summed E-state index contributed by atoms with van der Waals surface area (Å²) in [7, 11) is 0. The van der Waals surface area contributed by atoms with Gasteiger partial charge >= 0.3 is 17.8 Å². The van der Waals surface area contributed by atoms with Crippen LogP contribution < -0.4 is 10.6 Å². The minimum atomic E-state index is -0.737. The van der Waals surface area contributed by atoms with Crippen molar-refractivity contribution < 1.29 is 19.1 Å². The molecule has 0 heterocycles. The van der Waals surface area contributed by atoms with Crippen molar-refractivity contribution in [3.05, 3.63) is 29.8 Å². The van der Waals surface area contributed by atoms with Gasteiger partial charge in [-0.05, 0) is 44.5 Å². The number of amides is 2. The van der Waals surface area contributed by atoms with Crippen molar-refractivity contribution in [1.82, 2.24) is 5.32 Å². The highest BCUT2D eigenvalue weighted by Gasteiger charge is 2.15. The number of carbonyl (C=O) groups excluding carboxylic acids is 3. The molecule has 0 unspecified atom stereocenters. The average molecular weight is 292 g/mol. The van der Waals surface area contributed by atoms with Crippen LogP contribution in [0.25, 0.3) is 0 Å². The lowest BCUT2D eigenvalue weighted by atomic mass is 10.2. The van der Waals surface area contributed by atoms with Gasteiger partial charge < -0.3 is 15.4 Å². The van der Waals surface area contributed by atoms with E-state index in [1.807, 2.05) is 13.8 Å². The Kier molecular flexibility index (Phi) is 6.39. The number of nitrogens with one attached hydrogen (secondary N) is 2. The fourth-order valence-electron chi connectivity index (χ4n) is 1.48. The van der Waals surface area contributed by atoms with Crippen LogP contribution in [0.5, 0.6) is 0 Å². The fraction of sp³-hybridized carbons (Fsp3) is 0.400. The minimum Gasteiger partial charge on any atom is -0.462 e. The molecule has 0 aliphatic heterocycles. The molecular formula is C15H20N2O4. The molecule has 0 aliphatic carbocycles. The van der Waals surface area contributed by atoms with Gasteiger partial charge in [0, 0.05) is 11.7 Å². The van der Waals surface area contributed by atoms with Gasteiger partial charge in [0.15, 0.2) is 0 Å². The summed E-state index contributed by atoms with van der Waals surface area (Å²) in [6, 6.07) is 6.08. The molecule has 0 aromatic heterocycles. The molecule has 0 fully saturated rings. The van der Waals surface area contributed by atoms with Gasteiger partial charge in [0.2, 0.25) is 0 Å². The summed E-state index contributed by atoms with van der Waals surface area (Å²) < 4.78 is 4.85. The van der Waals surface area contributed by atoms with Crippen molar-refractivity contribution in [2.75, 3.05) is 11.9 Å². The number of ether oxygens (including phenoxy) is 1. The van der Waals surface area contributed by atoms with Gasteiger partial charge in [-0.2, -0.15) is 0 Å². The molecule has 1 rings (SSSR count). The molecule has 0 saturated heterocycles. The van der Waals surface area contributed by atoms with Crippen molar-refractivity contribution in [2.24, 2.45) is 0 Å². The summed E-state index contributed by atoms with van der Waals surface area (Å²) in [6.07, 6.45) is 0.743. The maximum atomic E-state index is 11.7. The van der Waals surface area contributed by atoms with Gasteiger partial charge in [0.25, 0.3) is 0 Å². The van der Waals surface area contributed by atoms with Gasteiger partial charge in [-0.3, -0.25) is 9.59 Å². The highest BCUT2D eigenvalue weighted by Crippen LogP contribution is 2.10. The molecule has 2 N–H and O–H groups in total. The molecule has 0 saturated carbocycles. The highest BCUT2D eigenvalue weighted by atomic mass is 16.5. The van der Waals surface area contributed by atoms with Crippen LogP contribution in [0.3, 0.4) is 0 Å². The summed E-state index contributed by atoms with van der Waals surface area (Å²) in [5.41, 5.74) is 0.825. The van der Waals surface area contributed by atoms with Crippen LogP contribution in [0.4, 0.5) is 5.69 Å². The van der Waals surface area contributed by atoms with Crippen molar-refractivity contribution in [1.29, 1.82) is 0 Å². The number of esters is 1. The predicted molar refractivity (Wildman–Crippen MR) is 78.9 cm³/mol. The maximum absolute atomic E-state index is 11.7. The normalized spacial score (nSPS) is 11.4. The van der Waals surface area contributed by atoms with Gasteiger partial charge in [-0.25, -0.2) is 4.79 Å². The average Bonchev–Trinajstić information content (AvgIpc) is 2.47. The molecular weight excluding hydrogens is 272 g/mol. The second kappa shape index (κ2) is 8.04. The molecule has 0 bridgehead atoms.